The Kier molecular flexibility index (Phi) is 74.3. The molecule has 0 heterocycles. The summed E-state index contributed by atoms with van der Waals surface area (Å²) in [5.74, 6) is 0. The molecule has 0 fully saturated rings. The Bertz CT molecular complexity index is 925. The fraction of sp³-hybridized carbons (Fsp3) is 1.00. The molecule has 0 bridgehead atoms. The van der Waals surface area contributed by atoms with Gasteiger partial charge in [0, 0.05) is 19.8 Å². The first kappa shape index (κ1) is 76.2. The molecule has 21 heteroatoms. The summed E-state index contributed by atoms with van der Waals surface area (Å²) >= 11 is 0. The maximum atomic E-state index is 8.62. The predicted molar refractivity (Wildman–Crippen MR) is 294 cm³/mol. The summed E-state index contributed by atoms with van der Waals surface area (Å²) in [6.07, 6.45) is 17.9. The minimum Gasteiger partial charge on any atom is -0.394 e. The molecule has 0 spiro atoms. The van der Waals surface area contributed by atoms with Crippen molar-refractivity contribution in [2.45, 2.75) is 96.8 Å². The normalized spacial score (nSPS) is 11.8. The van der Waals surface area contributed by atoms with E-state index in [4.69, 9.17) is 99.8 Å². The molecule has 21 nitrogen and oxygen atoms in total. The van der Waals surface area contributed by atoms with Crippen molar-refractivity contribution in [3.63, 3.8) is 0 Å². The number of aliphatic hydroxyl groups is 1. The van der Waals surface area contributed by atoms with Crippen molar-refractivity contribution in [1.82, 2.24) is 0 Å². The zero-order valence-corrected chi connectivity index (χ0v) is 48.5. The van der Waals surface area contributed by atoms with Crippen LogP contribution in [0.15, 0.2) is 0 Å². The summed E-state index contributed by atoms with van der Waals surface area (Å²) < 4.78 is 110. The van der Waals surface area contributed by atoms with Crippen LogP contribution in [0.25, 0.3) is 0 Å². The summed E-state index contributed by atoms with van der Waals surface area (Å²) in [4.78, 5) is 0. The van der Waals surface area contributed by atoms with E-state index >= 15 is 0 Å². The quantitative estimate of drug-likeness (QED) is 0.0716. The number of ether oxygens (including phenoxy) is 20. The fourth-order valence-electron chi connectivity index (χ4n) is 6.68. The third-order valence-corrected chi connectivity index (χ3v) is 10.9. The molecule has 0 saturated heterocycles. The molecule has 77 heavy (non-hydrogen) atoms. The zero-order valence-electron chi connectivity index (χ0n) is 48.5. The van der Waals surface area contributed by atoms with E-state index in [9.17, 15) is 0 Å². The van der Waals surface area contributed by atoms with Crippen molar-refractivity contribution in [2.24, 2.45) is 0 Å². The van der Waals surface area contributed by atoms with E-state index in [0.717, 1.165) is 32.3 Å². The second kappa shape index (κ2) is 75.2. The maximum absolute atomic E-state index is 8.62. The van der Waals surface area contributed by atoms with Gasteiger partial charge in [-0.3, -0.25) is 0 Å². The zero-order chi connectivity index (χ0) is 55.0. The standard InChI is InChI=1S/C56H114O21/c1-2-3-4-5-6-7-8-9-10-11-13-17-58-21-25-62-29-34-67-37-39-69-41-43-71-45-47-73-49-51-75-53-55-77-56-54-76-52-50-74-48-46-72-44-42-70-40-38-68-35-31-64-27-23-60-19-15-12-14-18-59-22-26-63-30-33-66-36-32-65-28-24-61-20-16-57/h57H,2-56H2,1H3. The van der Waals surface area contributed by atoms with Crippen LogP contribution >= 0.6 is 0 Å². The Labute approximate surface area is 466 Å². The van der Waals surface area contributed by atoms with E-state index in [1.165, 1.54) is 64.2 Å². The van der Waals surface area contributed by atoms with E-state index < -0.39 is 0 Å². The average molecular weight is 1120 g/mol. The molecule has 464 valence electrons. The van der Waals surface area contributed by atoms with Gasteiger partial charge in [0.2, 0.25) is 0 Å². The lowest BCUT2D eigenvalue weighted by Crippen LogP contribution is -2.15. The van der Waals surface area contributed by atoms with Gasteiger partial charge in [-0.1, -0.05) is 71.1 Å². The molecule has 0 amide bonds. The first-order valence-electron chi connectivity index (χ1n) is 29.6. The predicted octanol–water partition coefficient (Wildman–Crippen LogP) is 5.79. The van der Waals surface area contributed by atoms with Crippen LogP contribution in [0.1, 0.15) is 96.8 Å². The number of hydrogen-bond donors (Lipinski definition) is 1. The van der Waals surface area contributed by atoms with Crippen LogP contribution in [0.4, 0.5) is 0 Å². The number of rotatable bonds is 74. The first-order valence-corrected chi connectivity index (χ1v) is 29.6. The van der Waals surface area contributed by atoms with Crippen LogP contribution in [0.2, 0.25) is 0 Å². The molecule has 1 N–H and O–H groups in total. The first-order chi connectivity index (χ1) is 38.4. The highest BCUT2D eigenvalue weighted by atomic mass is 16.6. The van der Waals surface area contributed by atoms with E-state index in [1.54, 1.807) is 0 Å². The molecular formula is C56H114O21. The van der Waals surface area contributed by atoms with Crippen LogP contribution in [0.5, 0.6) is 0 Å². The minimum atomic E-state index is 0.0259. The highest BCUT2D eigenvalue weighted by Gasteiger charge is 2.00. The molecule has 0 atom stereocenters. The molecule has 0 aliphatic rings. The van der Waals surface area contributed by atoms with E-state index in [0.29, 0.717) is 258 Å². The van der Waals surface area contributed by atoms with Gasteiger partial charge in [0.25, 0.3) is 0 Å². The lowest BCUT2D eigenvalue weighted by Gasteiger charge is -2.09. The second-order valence-corrected chi connectivity index (χ2v) is 17.6. The van der Waals surface area contributed by atoms with Gasteiger partial charge in [0.15, 0.2) is 0 Å². The van der Waals surface area contributed by atoms with Gasteiger partial charge >= 0.3 is 0 Å². The minimum absolute atomic E-state index is 0.0259. The molecule has 0 aliphatic heterocycles. The molecule has 0 unspecified atom stereocenters. The molecule has 0 aromatic carbocycles. The average Bonchev–Trinajstić information content (AvgIpc) is 3.44. The fourth-order valence-corrected chi connectivity index (χ4v) is 6.68. The highest BCUT2D eigenvalue weighted by Crippen LogP contribution is 2.11. The number of aliphatic hydroxyl groups excluding tert-OH is 1. The van der Waals surface area contributed by atoms with Crippen molar-refractivity contribution >= 4 is 0 Å². The van der Waals surface area contributed by atoms with Crippen molar-refractivity contribution in [1.29, 1.82) is 0 Å². The van der Waals surface area contributed by atoms with Gasteiger partial charge in [-0.25, -0.2) is 0 Å². The second-order valence-electron chi connectivity index (χ2n) is 17.6. The molecule has 0 aliphatic carbocycles. The lowest BCUT2D eigenvalue weighted by atomic mass is 10.1. The van der Waals surface area contributed by atoms with Crippen LogP contribution in [0, 0.1) is 0 Å². The van der Waals surface area contributed by atoms with Crippen molar-refractivity contribution in [3.8, 4) is 0 Å². The monoisotopic (exact) mass is 1120 g/mol. The van der Waals surface area contributed by atoms with E-state index in [-0.39, 0.29) is 6.61 Å². The summed E-state index contributed by atoms with van der Waals surface area (Å²) in [6, 6.07) is 0. The summed E-state index contributed by atoms with van der Waals surface area (Å²) in [7, 11) is 0. The van der Waals surface area contributed by atoms with Gasteiger partial charge in [-0.15, -0.1) is 0 Å². The highest BCUT2D eigenvalue weighted by molar-refractivity contribution is 4.49. The largest absolute Gasteiger partial charge is 0.394 e. The maximum Gasteiger partial charge on any atom is 0.0701 e. The Hall–Kier alpha value is -0.840. The summed E-state index contributed by atoms with van der Waals surface area (Å²) in [6.45, 7) is 23.7. The van der Waals surface area contributed by atoms with E-state index in [1.807, 2.05) is 0 Å². The Balaban J connectivity index is 3.08. The van der Waals surface area contributed by atoms with Gasteiger partial charge in [0.1, 0.15) is 0 Å². The Morgan fingerprint density at radius 3 is 0.416 bits per heavy atom. The third kappa shape index (κ3) is 75.2. The molecule has 0 radical (unpaired) electrons. The Morgan fingerprint density at radius 1 is 0.143 bits per heavy atom. The Morgan fingerprint density at radius 2 is 0.260 bits per heavy atom. The summed E-state index contributed by atoms with van der Waals surface area (Å²) in [5.41, 5.74) is 0. The van der Waals surface area contributed by atoms with Crippen LogP contribution < -0.4 is 0 Å². The smallest absolute Gasteiger partial charge is 0.0701 e. The topological polar surface area (TPSA) is 205 Å². The van der Waals surface area contributed by atoms with Crippen molar-refractivity contribution in [3.05, 3.63) is 0 Å². The number of unbranched alkanes of at least 4 members (excludes halogenated alkanes) is 12. The molecular weight excluding hydrogens is 1010 g/mol. The van der Waals surface area contributed by atoms with Crippen LogP contribution in [-0.4, -0.2) is 276 Å². The molecule has 0 aromatic rings. The molecule has 0 rings (SSSR count). The SMILES string of the molecule is CCCCCCCCCCCCCOCCOCCOCCOCCOCCOCCOCCOCCOCCOCCOCCOCCOCCOCCOCCCCCOCCOCCOCCOCCOCCO. The van der Waals surface area contributed by atoms with Crippen LogP contribution in [-0.2, 0) is 94.7 Å². The summed E-state index contributed by atoms with van der Waals surface area (Å²) in [5, 5.41) is 8.62. The van der Waals surface area contributed by atoms with Crippen molar-refractivity contribution in [2.75, 3.05) is 271 Å². The molecule has 0 aromatic heterocycles. The van der Waals surface area contributed by atoms with Gasteiger partial charge in [-0.2, -0.15) is 0 Å². The van der Waals surface area contributed by atoms with Gasteiger partial charge in [0.05, 0.1) is 251 Å². The number of hydrogen-bond acceptors (Lipinski definition) is 21. The lowest BCUT2D eigenvalue weighted by molar-refractivity contribution is -0.0300. The molecule has 0 saturated carbocycles. The third-order valence-electron chi connectivity index (χ3n) is 10.9. The van der Waals surface area contributed by atoms with Crippen molar-refractivity contribution < 1.29 is 99.8 Å². The van der Waals surface area contributed by atoms with Gasteiger partial charge < -0.3 is 99.8 Å². The van der Waals surface area contributed by atoms with E-state index in [2.05, 4.69) is 6.92 Å². The van der Waals surface area contributed by atoms with Gasteiger partial charge in [-0.05, 0) is 25.7 Å². The van der Waals surface area contributed by atoms with Crippen LogP contribution in [0.3, 0.4) is 0 Å².